The fraction of sp³-hybridized carbons (Fsp3) is 0.533. The van der Waals surface area contributed by atoms with Crippen molar-refractivity contribution in [1.29, 1.82) is 0 Å². The van der Waals surface area contributed by atoms with Crippen molar-refractivity contribution in [2.24, 2.45) is 5.41 Å². The van der Waals surface area contributed by atoms with Crippen LogP contribution in [0, 0.1) is 5.41 Å². The molecule has 0 saturated heterocycles. The molecule has 0 atom stereocenters. The fourth-order valence-corrected chi connectivity index (χ4v) is 3.79. The van der Waals surface area contributed by atoms with E-state index >= 15 is 0 Å². The van der Waals surface area contributed by atoms with Gasteiger partial charge in [-0.05, 0) is 49.3 Å². The first kappa shape index (κ1) is 15.0. The molecule has 1 aromatic rings. The van der Waals surface area contributed by atoms with Gasteiger partial charge in [0, 0.05) is 20.6 Å². The summed E-state index contributed by atoms with van der Waals surface area (Å²) in [5, 5.41) is 3.15. The van der Waals surface area contributed by atoms with Crippen molar-refractivity contribution in [3.8, 4) is 0 Å². The van der Waals surface area contributed by atoms with Gasteiger partial charge in [0.05, 0.1) is 0 Å². The zero-order valence-corrected chi connectivity index (χ0v) is 14.5. The number of carbonyl (C=O) groups is 1. The molecule has 1 N–H and O–H groups in total. The monoisotopic (exact) mass is 387 g/mol. The molecule has 0 radical (unpaired) electrons. The molecule has 4 heteroatoms. The Bertz CT molecular complexity index is 455. The van der Waals surface area contributed by atoms with Crippen molar-refractivity contribution in [2.45, 2.75) is 45.6 Å². The van der Waals surface area contributed by atoms with Crippen molar-refractivity contribution in [3.05, 3.63) is 32.7 Å². The Kier molecular flexibility index (Phi) is 4.72. The molecule has 1 aliphatic carbocycles. The van der Waals surface area contributed by atoms with E-state index in [-0.39, 0.29) is 5.91 Å². The normalized spacial score (nSPS) is 19.2. The molecule has 0 aromatic heterocycles. The molecule has 0 unspecified atom stereocenters. The summed E-state index contributed by atoms with van der Waals surface area (Å²) in [5.74, 6) is 0.0201. The molecule has 1 aromatic carbocycles. The van der Waals surface area contributed by atoms with Gasteiger partial charge >= 0.3 is 0 Å². The molecule has 104 valence electrons. The van der Waals surface area contributed by atoms with Gasteiger partial charge in [0.2, 0.25) is 0 Å². The Hall–Kier alpha value is -0.350. The second kappa shape index (κ2) is 5.96. The van der Waals surface area contributed by atoms with Gasteiger partial charge in [-0.25, -0.2) is 0 Å². The first-order valence-corrected chi connectivity index (χ1v) is 8.21. The Morgan fingerprint density at radius 3 is 2.21 bits per heavy atom. The number of carbonyl (C=O) groups excluding carboxylic acids is 1. The lowest BCUT2D eigenvalue weighted by Crippen LogP contribution is -2.39. The van der Waals surface area contributed by atoms with Crippen LogP contribution in [0.4, 0.5) is 0 Å². The van der Waals surface area contributed by atoms with Gasteiger partial charge in [-0.2, -0.15) is 0 Å². The number of halogens is 2. The van der Waals surface area contributed by atoms with Gasteiger partial charge in [-0.1, -0.05) is 45.7 Å². The molecule has 2 nitrogen and oxygen atoms in total. The molecule has 1 fully saturated rings. The Balaban J connectivity index is 1.98. The van der Waals surface area contributed by atoms with Crippen LogP contribution in [-0.2, 0) is 0 Å². The highest BCUT2D eigenvalue weighted by Gasteiger charge is 2.27. The maximum Gasteiger partial charge on any atom is 0.251 e. The number of nitrogens with one attached hydrogen (secondary N) is 1. The third kappa shape index (κ3) is 4.32. The molecule has 0 aliphatic heterocycles. The first-order chi connectivity index (χ1) is 8.85. The molecule has 2 rings (SSSR count). The zero-order valence-electron chi connectivity index (χ0n) is 11.3. The Morgan fingerprint density at radius 1 is 1.16 bits per heavy atom. The van der Waals surface area contributed by atoms with Crippen LogP contribution in [0.5, 0.6) is 0 Å². The van der Waals surface area contributed by atoms with E-state index in [1.807, 2.05) is 18.2 Å². The average Bonchev–Trinajstić information content (AvgIpc) is 2.30. The summed E-state index contributed by atoms with van der Waals surface area (Å²) in [6, 6.07) is 5.96. The standard InChI is InChI=1S/C15H19Br2NO/c1-15(2)5-3-13(4-6-15)18-14(19)10-7-11(16)9-12(17)8-10/h7-9,13H,3-6H2,1-2H3,(H,18,19). The van der Waals surface area contributed by atoms with E-state index < -0.39 is 0 Å². The van der Waals surface area contributed by atoms with Crippen LogP contribution in [0.15, 0.2) is 27.1 Å². The Morgan fingerprint density at radius 2 is 1.68 bits per heavy atom. The number of hydrogen-bond acceptors (Lipinski definition) is 1. The van der Waals surface area contributed by atoms with Crippen LogP contribution in [0.1, 0.15) is 49.9 Å². The van der Waals surface area contributed by atoms with Crippen LogP contribution in [0.25, 0.3) is 0 Å². The third-order valence-electron chi connectivity index (χ3n) is 3.80. The van der Waals surface area contributed by atoms with E-state index in [1.165, 1.54) is 12.8 Å². The predicted molar refractivity (Wildman–Crippen MR) is 85.3 cm³/mol. The van der Waals surface area contributed by atoms with E-state index in [0.717, 1.165) is 21.8 Å². The van der Waals surface area contributed by atoms with Crippen LogP contribution in [0.2, 0.25) is 0 Å². The molecule has 0 spiro atoms. The summed E-state index contributed by atoms with van der Waals surface area (Å²) in [7, 11) is 0. The summed E-state index contributed by atoms with van der Waals surface area (Å²) in [5.41, 5.74) is 1.13. The van der Waals surface area contributed by atoms with E-state index in [1.54, 1.807) is 0 Å². The van der Waals surface area contributed by atoms with Crippen LogP contribution in [-0.4, -0.2) is 11.9 Å². The Labute approximate surface area is 131 Å². The van der Waals surface area contributed by atoms with Crippen molar-refractivity contribution >= 4 is 37.8 Å². The molecular weight excluding hydrogens is 370 g/mol. The zero-order chi connectivity index (χ0) is 14.0. The largest absolute Gasteiger partial charge is 0.349 e. The summed E-state index contributed by atoms with van der Waals surface area (Å²) in [6.45, 7) is 4.60. The average molecular weight is 389 g/mol. The smallest absolute Gasteiger partial charge is 0.251 e. The van der Waals surface area contributed by atoms with Gasteiger partial charge in [-0.15, -0.1) is 0 Å². The number of benzene rings is 1. The fourth-order valence-electron chi connectivity index (χ4n) is 2.50. The predicted octanol–water partition coefficient (Wildman–Crippen LogP) is 4.91. The van der Waals surface area contributed by atoms with Crippen LogP contribution in [0.3, 0.4) is 0 Å². The minimum atomic E-state index is 0.0201. The molecule has 19 heavy (non-hydrogen) atoms. The molecule has 1 amide bonds. The summed E-state index contributed by atoms with van der Waals surface area (Å²) in [4.78, 5) is 12.2. The molecule has 0 heterocycles. The lowest BCUT2D eigenvalue weighted by atomic mass is 9.75. The van der Waals surface area contributed by atoms with Gasteiger partial charge in [0.15, 0.2) is 0 Å². The van der Waals surface area contributed by atoms with Crippen molar-refractivity contribution in [2.75, 3.05) is 0 Å². The highest BCUT2D eigenvalue weighted by atomic mass is 79.9. The van der Waals surface area contributed by atoms with Gasteiger partial charge in [-0.3, -0.25) is 4.79 Å². The highest BCUT2D eigenvalue weighted by molar-refractivity contribution is 9.11. The highest BCUT2D eigenvalue weighted by Crippen LogP contribution is 2.35. The SMILES string of the molecule is CC1(C)CCC(NC(=O)c2cc(Br)cc(Br)c2)CC1. The van der Waals surface area contributed by atoms with E-state index in [9.17, 15) is 4.79 Å². The van der Waals surface area contributed by atoms with Gasteiger partial charge in [0.1, 0.15) is 0 Å². The summed E-state index contributed by atoms with van der Waals surface area (Å²) < 4.78 is 1.83. The van der Waals surface area contributed by atoms with Crippen LogP contribution >= 0.6 is 31.9 Å². The van der Waals surface area contributed by atoms with E-state index in [2.05, 4.69) is 51.0 Å². The number of hydrogen-bond donors (Lipinski definition) is 1. The maximum absolute atomic E-state index is 12.2. The number of amides is 1. The second-order valence-corrected chi connectivity index (χ2v) is 7.90. The lowest BCUT2D eigenvalue weighted by Gasteiger charge is -2.34. The lowest BCUT2D eigenvalue weighted by molar-refractivity contribution is 0.0909. The minimum Gasteiger partial charge on any atom is -0.349 e. The van der Waals surface area contributed by atoms with Crippen LogP contribution < -0.4 is 5.32 Å². The summed E-state index contributed by atoms with van der Waals surface area (Å²) in [6.07, 6.45) is 4.52. The maximum atomic E-state index is 12.2. The molecule has 0 bridgehead atoms. The summed E-state index contributed by atoms with van der Waals surface area (Å²) >= 11 is 6.82. The third-order valence-corrected chi connectivity index (χ3v) is 4.71. The van der Waals surface area contributed by atoms with Crippen molar-refractivity contribution < 1.29 is 4.79 Å². The van der Waals surface area contributed by atoms with E-state index in [4.69, 9.17) is 0 Å². The first-order valence-electron chi connectivity index (χ1n) is 6.63. The molecule has 1 aliphatic rings. The minimum absolute atomic E-state index is 0.0201. The molecule has 1 saturated carbocycles. The van der Waals surface area contributed by atoms with E-state index in [0.29, 0.717) is 17.0 Å². The van der Waals surface area contributed by atoms with Gasteiger partial charge in [0.25, 0.3) is 5.91 Å². The van der Waals surface area contributed by atoms with Gasteiger partial charge < -0.3 is 5.32 Å². The number of rotatable bonds is 2. The topological polar surface area (TPSA) is 29.1 Å². The van der Waals surface area contributed by atoms with Crippen molar-refractivity contribution in [1.82, 2.24) is 5.32 Å². The van der Waals surface area contributed by atoms with Crippen molar-refractivity contribution in [3.63, 3.8) is 0 Å². The quantitative estimate of drug-likeness (QED) is 0.766. The molecular formula is C15H19Br2NO. The second-order valence-electron chi connectivity index (χ2n) is 6.07.